The lowest BCUT2D eigenvalue weighted by Gasteiger charge is -2.28. The molecule has 0 N–H and O–H groups in total. The second-order valence-corrected chi connectivity index (χ2v) is 5.45. The molecule has 1 saturated carbocycles. The molecule has 114 valence electrons. The first-order valence-electron chi connectivity index (χ1n) is 7.60. The summed E-state index contributed by atoms with van der Waals surface area (Å²) in [6.07, 6.45) is 5.09. The van der Waals surface area contributed by atoms with E-state index in [1.54, 1.807) is 24.3 Å². The summed E-state index contributed by atoms with van der Waals surface area (Å²) in [5, 5.41) is 0. The molecule has 1 aromatic carbocycles. The van der Waals surface area contributed by atoms with Crippen LogP contribution in [0.4, 0.5) is 0 Å². The van der Waals surface area contributed by atoms with Crippen molar-refractivity contribution < 1.29 is 19.1 Å². The van der Waals surface area contributed by atoms with Crippen LogP contribution in [0.1, 0.15) is 55.8 Å². The number of hydrogen-bond donors (Lipinski definition) is 0. The monoisotopic (exact) mass is 290 g/mol. The third kappa shape index (κ3) is 4.88. The van der Waals surface area contributed by atoms with Gasteiger partial charge in [0.25, 0.3) is 0 Å². The Balaban J connectivity index is 2.04. The van der Waals surface area contributed by atoms with E-state index in [0.717, 1.165) is 38.5 Å². The average Bonchev–Trinajstić information content (AvgIpc) is 2.46. The molecule has 0 radical (unpaired) electrons. The highest BCUT2D eigenvalue weighted by molar-refractivity contribution is 5.89. The van der Waals surface area contributed by atoms with Gasteiger partial charge in [-0.05, 0) is 37.8 Å². The van der Waals surface area contributed by atoms with Crippen LogP contribution in [-0.2, 0) is 14.3 Å². The van der Waals surface area contributed by atoms with Crippen molar-refractivity contribution in [3.63, 3.8) is 0 Å². The van der Waals surface area contributed by atoms with Crippen molar-refractivity contribution in [3.05, 3.63) is 35.9 Å². The van der Waals surface area contributed by atoms with Crippen molar-refractivity contribution in [1.29, 1.82) is 0 Å². The Labute approximate surface area is 125 Å². The SMILES string of the molecule is CC(=O)O[C@H]1CCCCCC[C@@H]1OC(=O)c1ccccc1. The van der Waals surface area contributed by atoms with Crippen molar-refractivity contribution in [2.45, 2.75) is 57.7 Å². The van der Waals surface area contributed by atoms with Crippen molar-refractivity contribution in [2.75, 3.05) is 0 Å². The van der Waals surface area contributed by atoms with E-state index in [-0.39, 0.29) is 24.1 Å². The van der Waals surface area contributed by atoms with Gasteiger partial charge in [0.1, 0.15) is 12.2 Å². The van der Waals surface area contributed by atoms with Crippen molar-refractivity contribution >= 4 is 11.9 Å². The Hall–Kier alpha value is -1.84. The number of benzene rings is 1. The van der Waals surface area contributed by atoms with E-state index >= 15 is 0 Å². The lowest BCUT2D eigenvalue weighted by Crippen LogP contribution is -2.35. The molecule has 0 spiro atoms. The molecule has 4 heteroatoms. The summed E-state index contributed by atoms with van der Waals surface area (Å²) < 4.78 is 11.0. The standard InChI is InChI=1S/C17H22O4/c1-13(18)20-15-11-7-2-3-8-12-16(15)21-17(19)14-9-5-4-6-10-14/h4-6,9-10,15-16H,2-3,7-8,11-12H2,1H3/t15-,16-/m0/s1. The zero-order chi connectivity index (χ0) is 15.1. The molecule has 1 aliphatic rings. The number of esters is 2. The molecule has 0 saturated heterocycles. The number of hydrogen-bond acceptors (Lipinski definition) is 4. The van der Waals surface area contributed by atoms with Gasteiger partial charge in [0.05, 0.1) is 5.56 Å². The minimum atomic E-state index is -0.349. The summed E-state index contributed by atoms with van der Waals surface area (Å²) in [6.45, 7) is 1.40. The van der Waals surface area contributed by atoms with E-state index in [4.69, 9.17) is 9.47 Å². The van der Waals surface area contributed by atoms with E-state index < -0.39 is 0 Å². The molecule has 2 atom stereocenters. The van der Waals surface area contributed by atoms with E-state index in [9.17, 15) is 9.59 Å². The van der Waals surface area contributed by atoms with E-state index in [1.165, 1.54) is 6.92 Å². The quantitative estimate of drug-likeness (QED) is 0.799. The van der Waals surface area contributed by atoms with Gasteiger partial charge in [0.15, 0.2) is 0 Å². The topological polar surface area (TPSA) is 52.6 Å². The zero-order valence-electron chi connectivity index (χ0n) is 12.4. The minimum absolute atomic E-state index is 0.318. The molecule has 21 heavy (non-hydrogen) atoms. The van der Waals surface area contributed by atoms with E-state index in [0.29, 0.717) is 5.56 Å². The van der Waals surface area contributed by atoms with Gasteiger partial charge in [-0.2, -0.15) is 0 Å². The first kappa shape index (κ1) is 15.5. The van der Waals surface area contributed by atoms with Crippen LogP contribution in [-0.4, -0.2) is 24.1 Å². The summed E-state index contributed by atoms with van der Waals surface area (Å²) >= 11 is 0. The molecule has 0 heterocycles. The Morgan fingerprint density at radius 1 is 0.905 bits per heavy atom. The van der Waals surface area contributed by atoms with Gasteiger partial charge >= 0.3 is 11.9 Å². The fourth-order valence-corrected chi connectivity index (χ4v) is 2.68. The molecule has 2 rings (SSSR count). The molecule has 0 amide bonds. The predicted molar refractivity (Wildman–Crippen MR) is 78.9 cm³/mol. The molecule has 1 fully saturated rings. The van der Waals surface area contributed by atoms with Crippen LogP contribution in [0.2, 0.25) is 0 Å². The summed E-state index contributed by atoms with van der Waals surface area (Å²) in [6, 6.07) is 8.92. The highest BCUT2D eigenvalue weighted by atomic mass is 16.6. The second kappa shape index (κ2) is 7.81. The Morgan fingerprint density at radius 2 is 1.48 bits per heavy atom. The number of ether oxygens (including phenoxy) is 2. The lowest BCUT2D eigenvalue weighted by atomic mass is 9.96. The van der Waals surface area contributed by atoms with Crippen LogP contribution in [0.3, 0.4) is 0 Å². The normalized spacial score (nSPS) is 22.7. The average molecular weight is 290 g/mol. The number of carbonyl (C=O) groups is 2. The van der Waals surface area contributed by atoms with Gasteiger partial charge in [-0.3, -0.25) is 4.79 Å². The summed E-state index contributed by atoms with van der Waals surface area (Å²) in [7, 11) is 0. The van der Waals surface area contributed by atoms with E-state index in [1.807, 2.05) is 6.07 Å². The van der Waals surface area contributed by atoms with Crippen LogP contribution in [0.5, 0.6) is 0 Å². The van der Waals surface area contributed by atoms with Crippen molar-refractivity contribution in [3.8, 4) is 0 Å². The second-order valence-electron chi connectivity index (χ2n) is 5.45. The fraction of sp³-hybridized carbons (Fsp3) is 0.529. The maximum Gasteiger partial charge on any atom is 0.338 e. The third-order valence-electron chi connectivity index (χ3n) is 3.73. The van der Waals surface area contributed by atoms with Crippen LogP contribution in [0.15, 0.2) is 30.3 Å². The molecule has 0 aliphatic heterocycles. The molecule has 1 aromatic rings. The molecular weight excluding hydrogens is 268 g/mol. The van der Waals surface area contributed by atoms with Crippen LogP contribution in [0.25, 0.3) is 0 Å². The zero-order valence-corrected chi connectivity index (χ0v) is 12.4. The van der Waals surface area contributed by atoms with Gasteiger partial charge in [-0.25, -0.2) is 4.79 Å². The highest BCUT2D eigenvalue weighted by Gasteiger charge is 2.28. The van der Waals surface area contributed by atoms with Crippen LogP contribution < -0.4 is 0 Å². The van der Waals surface area contributed by atoms with Gasteiger partial charge in [-0.1, -0.05) is 31.0 Å². The Kier molecular flexibility index (Phi) is 5.78. The maximum absolute atomic E-state index is 12.2. The molecule has 1 aliphatic carbocycles. The van der Waals surface area contributed by atoms with Crippen LogP contribution in [0, 0.1) is 0 Å². The molecule has 0 bridgehead atoms. The molecule has 4 nitrogen and oxygen atoms in total. The van der Waals surface area contributed by atoms with Gasteiger partial charge in [0, 0.05) is 6.92 Å². The van der Waals surface area contributed by atoms with Crippen LogP contribution >= 0.6 is 0 Å². The molecule has 0 aromatic heterocycles. The van der Waals surface area contributed by atoms with Gasteiger partial charge < -0.3 is 9.47 Å². The largest absolute Gasteiger partial charge is 0.459 e. The summed E-state index contributed by atoms with van der Waals surface area (Å²) in [5.41, 5.74) is 0.529. The number of rotatable bonds is 3. The van der Waals surface area contributed by atoms with Gasteiger partial charge in [-0.15, -0.1) is 0 Å². The van der Waals surface area contributed by atoms with Crippen molar-refractivity contribution in [2.24, 2.45) is 0 Å². The smallest absolute Gasteiger partial charge is 0.338 e. The van der Waals surface area contributed by atoms with Crippen molar-refractivity contribution in [1.82, 2.24) is 0 Å². The molecule has 0 unspecified atom stereocenters. The number of carbonyl (C=O) groups excluding carboxylic acids is 2. The molecular formula is C17H22O4. The first-order chi connectivity index (χ1) is 10.2. The third-order valence-corrected chi connectivity index (χ3v) is 3.73. The highest BCUT2D eigenvalue weighted by Crippen LogP contribution is 2.23. The van der Waals surface area contributed by atoms with Gasteiger partial charge in [0.2, 0.25) is 0 Å². The van der Waals surface area contributed by atoms with E-state index in [2.05, 4.69) is 0 Å². The Bertz CT molecular complexity index is 469. The maximum atomic E-state index is 12.2. The fourth-order valence-electron chi connectivity index (χ4n) is 2.68. The lowest BCUT2D eigenvalue weighted by molar-refractivity contribution is -0.154. The summed E-state index contributed by atoms with van der Waals surface area (Å²) in [5.74, 6) is -0.667. The predicted octanol–water partition coefficient (Wildman–Crippen LogP) is 3.50. The first-order valence-corrected chi connectivity index (χ1v) is 7.60. The summed E-state index contributed by atoms with van der Waals surface area (Å²) in [4.78, 5) is 23.4. The minimum Gasteiger partial charge on any atom is -0.459 e. The Morgan fingerprint density at radius 3 is 2.05 bits per heavy atom.